The maximum Gasteiger partial charge on any atom is 0.315 e. The van der Waals surface area contributed by atoms with Crippen LogP contribution in [0.4, 0.5) is 4.79 Å². The van der Waals surface area contributed by atoms with Crippen LogP contribution in [0, 0.1) is 0 Å². The van der Waals surface area contributed by atoms with Gasteiger partial charge in [0, 0.05) is 30.8 Å². The number of methoxy groups -OCH3 is 1. The summed E-state index contributed by atoms with van der Waals surface area (Å²) in [6.07, 6.45) is 0. The van der Waals surface area contributed by atoms with Gasteiger partial charge in [0.2, 0.25) is 0 Å². The summed E-state index contributed by atoms with van der Waals surface area (Å²) in [6, 6.07) is 13.0. The Hall–Kier alpha value is -3.22. The largest absolute Gasteiger partial charge is 0.508 e. The Labute approximate surface area is 146 Å². The number of rotatable bonds is 7. The molecule has 0 fully saturated rings. The fourth-order valence-electron chi connectivity index (χ4n) is 2.15. The third-order valence-corrected chi connectivity index (χ3v) is 3.46. The first-order valence-corrected chi connectivity index (χ1v) is 7.81. The maximum absolute atomic E-state index is 11.8. The quantitative estimate of drug-likeness (QED) is 0.574. The second-order valence-corrected chi connectivity index (χ2v) is 5.22. The van der Waals surface area contributed by atoms with Crippen LogP contribution in [0.25, 0.3) is 0 Å². The van der Waals surface area contributed by atoms with E-state index >= 15 is 0 Å². The van der Waals surface area contributed by atoms with E-state index in [1.807, 2.05) is 24.3 Å². The Balaban J connectivity index is 1.67. The third kappa shape index (κ3) is 5.72. The minimum Gasteiger partial charge on any atom is -0.508 e. The van der Waals surface area contributed by atoms with E-state index < -0.39 is 0 Å². The molecule has 0 aromatic heterocycles. The first kappa shape index (κ1) is 18.1. The highest BCUT2D eigenvalue weighted by atomic mass is 16.5. The van der Waals surface area contributed by atoms with Crippen molar-refractivity contribution in [3.8, 4) is 11.5 Å². The summed E-state index contributed by atoms with van der Waals surface area (Å²) in [7, 11) is 1.58. The van der Waals surface area contributed by atoms with Crippen molar-refractivity contribution in [1.82, 2.24) is 16.0 Å². The van der Waals surface area contributed by atoms with Crippen molar-refractivity contribution in [3.63, 3.8) is 0 Å². The molecule has 0 saturated carbocycles. The van der Waals surface area contributed by atoms with E-state index in [-0.39, 0.29) is 17.7 Å². The average molecular weight is 343 g/mol. The van der Waals surface area contributed by atoms with Crippen LogP contribution >= 0.6 is 0 Å². The first-order valence-electron chi connectivity index (χ1n) is 7.81. The zero-order valence-corrected chi connectivity index (χ0v) is 13.9. The van der Waals surface area contributed by atoms with Gasteiger partial charge in [0.05, 0.1) is 7.11 Å². The molecular formula is C18H21N3O4. The number of nitrogens with one attached hydrogen (secondary N) is 3. The maximum atomic E-state index is 11.8. The van der Waals surface area contributed by atoms with Crippen molar-refractivity contribution in [2.24, 2.45) is 0 Å². The highest BCUT2D eigenvalue weighted by Gasteiger charge is 2.06. The smallest absolute Gasteiger partial charge is 0.315 e. The van der Waals surface area contributed by atoms with E-state index in [0.717, 1.165) is 5.56 Å². The van der Waals surface area contributed by atoms with Gasteiger partial charge in [0.15, 0.2) is 0 Å². The molecule has 0 bridgehead atoms. The lowest BCUT2D eigenvalue weighted by Gasteiger charge is -2.11. The van der Waals surface area contributed by atoms with Crippen molar-refractivity contribution in [3.05, 3.63) is 59.7 Å². The Morgan fingerprint density at radius 3 is 2.36 bits per heavy atom. The van der Waals surface area contributed by atoms with Crippen LogP contribution < -0.4 is 20.7 Å². The Morgan fingerprint density at radius 2 is 1.64 bits per heavy atom. The molecule has 0 aliphatic carbocycles. The van der Waals surface area contributed by atoms with E-state index in [9.17, 15) is 14.7 Å². The fourth-order valence-corrected chi connectivity index (χ4v) is 2.15. The highest BCUT2D eigenvalue weighted by molar-refractivity contribution is 5.94. The Bertz CT molecular complexity index is 717. The predicted molar refractivity (Wildman–Crippen MR) is 93.7 cm³/mol. The summed E-state index contributed by atoms with van der Waals surface area (Å²) in [5, 5.41) is 17.3. The SMILES string of the molecule is COc1ccccc1CNC(=O)NCCNC(=O)c1ccc(O)cc1. The van der Waals surface area contributed by atoms with E-state index in [1.54, 1.807) is 7.11 Å². The van der Waals surface area contributed by atoms with Crippen LogP contribution in [0.1, 0.15) is 15.9 Å². The van der Waals surface area contributed by atoms with E-state index in [2.05, 4.69) is 16.0 Å². The van der Waals surface area contributed by atoms with Crippen LogP contribution in [-0.4, -0.2) is 37.2 Å². The topological polar surface area (TPSA) is 99.7 Å². The zero-order valence-electron chi connectivity index (χ0n) is 13.9. The standard InChI is InChI=1S/C18H21N3O4/c1-25-16-5-3-2-4-14(16)12-21-18(24)20-11-10-19-17(23)13-6-8-15(22)9-7-13/h2-9,22H,10-12H2,1H3,(H,19,23)(H2,20,21,24). The molecular weight excluding hydrogens is 322 g/mol. The first-order chi connectivity index (χ1) is 12.1. The lowest BCUT2D eigenvalue weighted by atomic mass is 10.2. The summed E-state index contributed by atoms with van der Waals surface area (Å²) in [5.74, 6) is 0.546. The van der Waals surface area contributed by atoms with Gasteiger partial charge < -0.3 is 25.8 Å². The number of hydrogen-bond donors (Lipinski definition) is 4. The number of ether oxygens (including phenoxy) is 1. The summed E-state index contributed by atoms with van der Waals surface area (Å²) < 4.78 is 5.22. The Kier molecular flexibility index (Phi) is 6.65. The van der Waals surface area contributed by atoms with Crippen LogP contribution in [0.2, 0.25) is 0 Å². The van der Waals surface area contributed by atoms with E-state index in [0.29, 0.717) is 30.9 Å². The van der Waals surface area contributed by atoms with Gasteiger partial charge in [-0.15, -0.1) is 0 Å². The van der Waals surface area contributed by atoms with Gasteiger partial charge in [0.1, 0.15) is 11.5 Å². The summed E-state index contributed by atoms with van der Waals surface area (Å²) in [6.45, 7) is 0.930. The van der Waals surface area contributed by atoms with Gasteiger partial charge in [-0.2, -0.15) is 0 Å². The van der Waals surface area contributed by atoms with Gasteiger partial charge in [0.25, 0.3) is 5.91 Å². The molecule has 2 aromatic rings. The summed E-state index contributed by atoms with van der Waals surface area (Å²) in [5.41, 5.74) is 1.32. The van der Waals surface area contributed by atoms with E-state index in [1.165, 1.54) is 24.3 Å². The van der Waals surface area contributed by atoms with Gasteiger partial charge in [-0.25, -0.2) is 4.79 Å². The lowest BCUT2D eigenvalue weighted by Crippen LogP contribution is -2.40. The number of urea groups is 1. The van der Waals surface area contributed by atoms with Crippen LogP contribution in [0.3, 0.4) is 0 Å². The summed E-state index contributed by atoms with van der Waals surface area (Å²) in [4.78, 5) is 23.6. The number of aromatic hydroxyl groups is 1. The molecule has 2 aromatic carbocycles. The van der Waals surface area contributed by atoms with Crippen LogP contribution in [0.15, 0.2) is 48.5 Å². The number of benzene rings is 2. The second kappa shape index (κ2) is 9.17. The minimum absolute atomic E-state index is 0.102. The average Bonchev–Trinajstić information content (AvgIpc) is 2.64. The van der Waals surface area contributed by atoms with Crippen molar-refractivity contribution in [1.29, 1.82) is 0 Å². The molecule has 25 heavy (non-hydrogen) atoms. The zero-order chi connectivity index (χ0) is 18.1. The number of carbonyl (C=O) groups excluding carboxylic acids is 2. The molecule has 0 aliphatic rings. The fraction of sp³-hybridized carbons (Fsp3) is 0.222. The molecule has 4 N–H and O–H groups in total. The number of hydrogen-bond acceptors (Lipinski definition) is 4. The van der Waals surface area contributed by atoms with Crippen LogP contribution in [0.5, 0.6) is 11.5 Å². The number of phenolic OH excluding ortho intramolecular Hbond substituents is 1. The van der Waals surface area contributed by atoms with Crippen molar-refractivity contribution >= 4 is 11.9 Å². The molecule has 7 heteroatoms. The van der Waals surface area contributed by atoms with Crippen molar-refractivity contribution < 1.29 is 19.4 Å². The number of phenols is 1. The molecule has 0 aliphatic heterocycles. The van der Waals surface area contributed by atoms with Gasteiger partial charge in [-0.1, -0.05) is 18.2 Å². The number of para-hydroxylation sites is 1. The molecule has 132 valence electrons. The second-order valence-electron chi connectivity index (χ2n) is 5.22. The summed E-state index contributed by atoms with van der Waals surface area (Å²) >= 11 is 0. The molecule has 0 spiro atoms. The van der Waals surface area contributed by atoms with Crippen molar-refractivity contribution in [2.75, 3.05) is 20.2 Å². The normalized spacial score (nSPS) is 9.96. The molecule has 0 radical (unpaired) electrons. The number of carbonyl (C=O) groups is 2. The van der Waals surface area contributed by atoms with Gasteiger partial charge in [-0.3, -0.25) is 4.79 Å². The monoisotopic (exact) mass is 343 g/mol. The van der Waals surface area contributed by atoms with Gasteiger partial charge in [-0.05, 0) is 30.3 Å². The molecule has 0 unspecified atom stereocenters. The predicted octanol–water partition coefficient (Wildman–Crippen LogP) is 1.63. The molecule has 0 heterocycles. The van der Waals surface area contributed by atoms with E-state index in [4.69, 9.17) is 4.74 Å². The lowest BCUT2D eigenvalue weighted by molar-refractivity contribution is 0.0954. The highest BCUT2D eigenvalue weighted by Crippen LogP contribution is 2.16. The molecule has 0 atom stereocenters. The van der Waals surface area contributed by atoms with Crippen molar-refractivity contribution in [2.45, 2.75) is 6.54 Å². The molecule has 0 saturated heterocycles. The minimum atomic E-state index is -0.329. The van der Waals surface area contributed by atoms with Crippen LogP contribution in [-0.2, 0) is 6.54 Å². The molecule has 3 amide bonds. The number of amides is 3. The van der Waals surface area contributed by atoms with Gasteiger partial charge >= 0.3 is 6.03 Å². The Morgan fingerprint density at radius 1 is 0.960 bits per heavy atom. The molecule has 7 nitrogen and oxygen atoms in total. The molecule has 2 rings (SSSR count). The third-order valence-electron chi connectivity index (χ3n) is 3.46.